The van der Waals surface area contributed by atoms with Gasteiger partial charge in [-0.1, -0.05) is 66.7 Å². The number of carbonyl (C=O) groups is 3. The number of rotatable bonds is 11. The maximum Gasteiger partial charge on any atom is 0.308 e. The smallest absolute Gasteiger partial charge is 0.308 e. The highest BCUT2D eigenvalue weighted by atomic mass is 28.4. The summed E-state index contributed by atoms with van der Waals surface area (Å²) >= 11 is 0. The fraction of sp³-hybridized carbons (Fsp3) is 0.774. The molecule has 0 aromatic carbocycles. The van der Waals surface area contributed by atoms with Gasteiger partial charge in [0, 0.05) is 12.3 Å². The first kappa shape index (κ1) is 32.5. The molecular formula is C31H52O6Si. The van der Waals surface area contributed by atoms with E-state index in [0.717, 1.165) is 19.3 Å². The molecule has 0 spiro atoms. The second-order valence-electron chi connectivity index (χ2n) is 13.2. The average Bonchev–Trinajstić information content (AvgIpc) is 2.81. The van der Waals surface area contributed by atoms with E-state index in [2.05, 4.69) is 59.9 Å². The molecule has 0 radical (unpaired) electrons. The molecule has 0 bridgehead atoms. The molecule has 216 valence electrons. The predicted molar refractivity (Wildman–Crippen MR) is 154 cm³/mol. The maximum atomic E-state index is 13.2. The highest BCUT2D eigenvalue weighted by Gasteiger charge is 2.45. The van der Waals surface area contributed by atoms with Crippen LogP contribution in [0.15, 0.2) is 24.3 Å². The van der Waals surface area contributed by atoms with E-state index in [1.54, 1.807) is 6.08 Å². The lowest BCUT2D eigenvalue weighted by Gasteiger charge is -2.46. The largest absolute Gasteiger partial charge is 0.469 e. The van der Waals surface area contributed by atoms with Crippen molar-refractivity contribution in [1.29, 1.82) is 0 Å². The fourth-order valence-electron chi connectivity index (χ4n) is 5.48. The molecule has 0 aromatic heterocycles. The molecule has 7 heteroatoms. The zero-order chi connectivity index (χ0) is 28.8. The average molecular weight is 549 g/mol. The van der Waals surface area contributed by atoms with E-state index in [0.29, 0.717) is 11.8 Å². The monoisotopic (exact) mass is 548 g/mol. The number of fused-ring (bicyclic) bond motifs is 1. The van der Waals surface area contributed by atoms with Gasteiger partial charge in [0.05, 0.1) is 25.6 Å². The molecule has 0 heterocycles. The summed E-state index contributed by atoms with van der Waals surface area (Å²) < 4.78 is 17.5. The minimum Gasteiger partial charge on any atom is -0.469 e. The van der Waals surface area contributed by atoms with Crippen molar-refractivity contribution in [1.82, 2.24) is 0 Å². The molecule has 0 aliphatic heterocycles. The third kappa shape index (κ3) is 8.64. The van der Waals surface area contributed by atoms with Crippen LogP contribution in [-0.4, -0.2) is 45.4 Å². The van der Waals surface area contributed by atoms with Crippen LogP contribution in [0.5, 0.6) is 0 Å². The van der Waals surface area contributed by atoms with Crippen LogP contribution in [0.25, 0.3) is 0 Å². The molecule has 0 saturated heterocycles. The standard InChI is InChI=1S/C31H52O6Si/c1-11-21(3)30(34)36-27-17-20(2)16-23-13-12-22(4)26(29(23)27)15-14-24(32)18-25(19-28(33)35-8)37-38(9,10)31(5,6)7/h12-15,20-23,25-27,29H,11,16-19H2,1-10H3/b15-14+/t20-,21-,22-,23-,25+,26-,27-,29-/m0/s1. The molecule has 8 atom stereocenters. The Kier molecular flexibility index (Phi) is 11.6. The Balaban J connectivity index is 2.23. The Morgan fingerprint density at radius 3 is 2.32 bits per heavy atom. The first-order chi connectivity index (χ1) is 17.6. The van der Waals surface area contributed by atoms with Gasteiger partial charge in [-0.3, -0.25) is 14.4 Å². The van der Waals surface area contributed by atoms with Gasteiger partial charge in [-0.2, -0.15) is 0 Å². The van der Waals surface area contributed by atoms with E-state index in [1.165, 1.54) is 7.11 Å². The summed E-state index contributed by atoms with van der Waals surface area (Å²) in [5.74, 6) is 0.590. The molecule has 2 rings (SSSR count). The first-order valence-electron chi connectivity index (χ1n) is 14.4. The Labute approximate surface area is 232 Å². The quantitative estimate of drug-likeness (QED) is 0.121. The zero-order valence-corrected chi connectivity index (χ0v) is 26.4. The minimum absolute atomic E-state index is 0.0427. The summed E-state index contributed by atoms with van der Waals surface area (Å²) in [6.07, 6.45) is 10.4. The Bertz CT molecular complexity index is 885. The van der Waals surface area contributed by atoms with Crippen molar-refractivity contribution < 1.29 is 28.3 Å². The van der Waals surface area contributed by atoms with Gasteiger partial charge in [0.25, 0.3) is 0 Å². The number of hydrogen-bond donors (Lipinski definition) is 0. The van der Waals surface area contributed by atoms with Crippen LogP contribution in [-0.2, 0) is 28.3 Å². The lowest BCUT2D eigenvalue weighted by atomic mass is 9.61. The van der Waals surface area contributed by atoms with Crippen LogP contribution in [0.4, 0.5) is 0 Å². The first-order valence-corrected chi connectivity index (χ1v) is 17.3. The zero-order valence-electron chi connectivity index (χ0n) is 25.4. The van der Waals surface area contributed by atoms with Gasteiger partial charge >= 0.3 is 11.9 Å². The van der Waals surface area contributed by atoms with Crippen LogP contribution in [0.3, 0.4) is 0 Å². The van der Waals surface area contributed by atoms with Crippen molar-refractivity contribution >= 4 is 26.0 Å². The van der Waals surface area contributed by atoms with Crippen molar-refractivity contribution in [3.63, 3.8) is 0 Å². The van der Waals surface area contributed by atoms with Gasteiger partial charge in [0.2, 0.25) is 0 Å². The summed E-state index contributed by atoms with van der Waals surface area (Å²) in [5, 5.41) is -0.0427. The normalized spacial score (nSPS) is 29.4. The van der Waals surface area contributed by atoms with Gasteiger partial charge in [0.1, 0.15) is 6.10 Å². The topological polar surface area (TPSA) is 78.9 Å². The molecule has 1 saturated carbocycles. The number of allylic oxidation sites excluding steroid dienone is 4. The number of esters is 2. The van der Waals surface area contributed by atoms with Crippen molar-refractivity contribution in [3.05, 3.63) is 24.3 Å². The van der Waals surface area contributed by atoms with Crippen molar-refractivity contribution in [2.45, 2.75) is 111 Å². The molecule has 0 aromatic rings. The molecule has 2 aliphatic carbocycles. The number of methoxy groups -OCH3 is 1. The minimum atomic E-state index is -2.19. The van der Waals surface area contributed by atoms with Gasteiger partial charge in [-0.15, -0.1) is 0 Å². The van der Waals surface area contributed by atoms with E-state index in [-0.39, 0.29) is 65.4 Å². The van der Waals surface area contributed by atoms with Crippen molar-refractivity contribution in [3.8, 4) is 0 Å². The van der Waals surface area contributed by atoms with Crippen LogP contribution >= 0.6 is 0 Å². The van der Waals surface area contributed by atoms with Gasteiger partial charge in [0.15, 0.2) is 14.1 Å². The number of ketones is 1. The lowest BCUT2D eigenvalue weighted by molar-refractivity contribution is -0.162. The van der Waals surface area contributed by atoms with Gasteiger partial charge in [-0.05, 0) is 67.1 Å². The molecule has 0 unspecified atom stereocenters. The van der Waals surface area contributed by atoms with E-state index >= 15 is 0 Å². The molecule has 6 nitrogen and oxygen atoms in total. The van der Waals surface area contributed by atoms with Crippen LogP contribution in [0.1, 0.15) is 80.6 Å². The molecule has 0 N–H and O–H groups in total. The summed E-state index contributed by atoms with van der Waals surface area (Å²) in [6, 6.07) is 0. The SMILES string of the molecule is CC[C@H](C)C(=O)O[C@H]1C[C@@H](C)C[C@@H]2C=C[C@H](C)[C@H](/C=C/C(=O)C[C@H](CC(=O)OC)O[Si](C)(C)C(C)(C)C)[C@@H]12. The van der Waals surface area contributed by atoms with Crippen molar-refractivity contribution in [2.75, 3.05) is 7.11 Å². The highest BCUT2D eigenvalue weighted by Crippen LogP contribution is 2.47. The van der Waals surface area contributed by atoms with Crippen LogP contribution in [0.2, 0.25) is 18.1 Å². The Morgan fingerprint density at radius 1 is 1.08 bits per heavy atom. The van der Waals surface area contributed by atoms with E-state index in [1.807, 2.05) is 19.9 Å². The predicted octanol–water partition coefficient (Wildman–Crippen LogP) is 6.90. The molecule has 38 heavy (non-hydrogen) atoms. The van der Waals surface area contributed by atoms with Crippen LogP contribution < -0.4 is 0 Å². The van der Waals surface area contributed by atoms with Crippen LogP contribution in [0, 0.1) is 35.5 Å². The van der Waals surface area contributed by atoms with E-state index < -0.39 is 14.4 Å². The summed E-state index contributed by atoms with van der Waals surface area (Å²) in [7, 11) is -0.831. The second-order valence-corrected chi connectivity index (χ2v) is 18.0. The number of ether oxygens (including phenoxy) is 2. The van der Waals surface area contributed by atoms with Crippen molar-refractivity contribution in [2.24, 2.45) is 35.5 Å². The summed E-state index contributed by atoms with van der Waals surface area (Å²) in [5.41, 5.74) is 0. The number of hydrogen-bond acceptors (Lipinski definition) is 6. The van der Waals surface area contributed by atoms with E-state index in [4.69, 9.17) is 13.9 Å². The summed E-state index contributed by atoms with van der Waals surface area (Å²) in [4.78, 5) is 38.0. The summed E-state index contributed by atoms with van der Waals surface area (Å²) in [6.45, 7) is 19.0. The number of carbonyl (C=O) groups excluding carboxylic acids is 3. The third-order valence-corrected chi connectivity index (χ3v) is 13.6. The van der Waals surface area contributed by atoms with Gasteiger partial charge < -0.3 is 13.9 Å². The lowest BCUT2D eigenvalue weighted by Crippen LogP contribution is -2.45. The second kappa shape index (κ2) is 13.6. The Morgan fingerprint density at radius 2 is 1.74 bits per heavy atom. The molecule has 2 aliphatic rings. The fourth-order valence-corrected chi connectivity index (χ4v) is 6.83. The molecule has 1 fully saturated rings. The molecular weight excluding hydrogens is 496 g/mol. The van der Waals surface area contributed by atoms with E-state index in [9.17, 15) is 14.4 Å². The third-order valence-electron chi connectivity index (χ3n) is 9.05. The molecule has 0 amide bonds. The Hall–Kier alpha value is -1.73. The maximum absolute atomic E-state index is 13.2. The highest BCUT2D eigenvalue weighted by molar-refractivity contribution is 6.74. The van der Waals surface area contributed by atoms with Gasteiger partial charge in [-0.25, -0.2) is 0 Å².